The third-order valence-electron chi connectivity index (χ3n) is 18.6. The summed E-state index contributed by atoms with van der Waals surface area (Å²) in [5, 5.41) is 10.6. The van der Waals surface area contributed by atoms with Crippen molar-refractivity contribution in [1.82, 2.24) is 0 Å². The molecule has 97 heavy (non-hydrogen) atoms. The molecule has 3 N–H and O–H groups in total. The van der Waals surface area contributed by atoms with E-state index in [1.165, 1.54) is 218 Å². The Morgan fingerprint density at radius 3 is 0.784 bits per heavy atom. The minimum absolute atomic E-state index is 0.102. The molecule has 0 aromatic carbocycles. The van der Waals surface area contributed by atoms with Crippen LogP contribution in [0.5, 0.6) is 0 Å². The average molecular weight is 1420 g/mol. The van der Waals surface area contributed by atoms with Crippen molar-refractivity contribution >= 4 is 39.5 Å². The van der Waals surface area contributed by atoms with E-state index in [0.717, 1.165) is 102 Å². The van der Waals surface area contributed by atoms with E-state index in [1.807, 2.05) is 0 Å². The van der Waals surface area contributed by atoms with E-state index in [9.17, 15) is 43.2 Å². The second kappa shape index (κ2) is 69.8. The summed E-state index contributed by atoms with van der Waals surface area (Å²) in [6.45, 7) is 9.47. The number of hydrogen-bond donors (Lipinski definition) is 3. The highest BCUT2D eigenvalue weighted by atomic mass is 31.2. The van der Waals surface area contributed by atoms with Gasteiger partial charge in [-0.15, -0.1) is 0 Å². The number of aliphatic hydroxyl groups is 1. The van der Waals surface area contributed by atoms with Crippen LogP contribution in [0.2, 0.25) is 0 Å². The Labute approximate surface area is 594 Å². The first-order chi connectivity index (χ1) is 46.9. The zero-order chi connectivity index (χ0) is 71.4. The van der Waals surface area contributed by atoms with Gasteiger partial charge in [0, 0.05) is 25.7 Å². The number of rotatable bonds is 77. The molecule has 0 saturated heterocycles. The van der Waals surface area contributed by atoms with Gasteiger partial charge in [-0.3, -0.25) is 37.3 Å². The summed E-state index contributed by atoms with van der Waals surface area (Å²) < 4.78 is 68.5. The number of esters is 4. The van der Waals surface area contributed by atoms with Crippen LogP contribution in [0, 0.1) is 11.8 Å². The average Bonchev–Trinajstić information content (AvgIpc) is 1.92. The highest BCUT2D eigenvalue weighted by Crippen LogP contribution is 2.45. The Bertz CT molecular complexity index is 1870. The summed E-state index contributed by atoms with van der Waals surface area (Å²) in [6.07, 6.45) is 58.7. The van der Waals surface area contributed by atoms with Gasteiger partial charge in [-0.2, -0.15) is 0 Å². The molecule has 0 heterocycles. The van der Waals surface area contributed by atoms with Crippen LogP contribution in [0.15, 0.2) is 0 Å². The molecule has 0 aromatic rings. The SMILES string of the molecule is CCCCCCCCCCCCCCCCCCCCCCCCC(=O)O[C@H](COC(=O)CCCCCCCCCCCCCCCCCC)COP(=O)(O)OC[C@@H](O)COP(=O)(O)OC[C@@H](COC(=O)CCCCCCCCC(C)C)OC(=O)CCCCCCCCC(C)CC. The molecule has 0 radical (unpaired) electrons. The number of carbonyl (C=O) groups is 4. The summed E-state index contributed by atoms with van der Waals surface area (Å²) in [4.78, 5) is 72.8. The molecular formula is C78H152O17P2. The van der Waals surface area contributed by atoms with Gasteiger partial charge >= 0.3 is 39.5 Å². The number of ether oxygens (including phenoxy) is 4. The largest absolute Gasteiger partial charge is 0.472 e. The molecule has 0 fully saturated rings. The van der Waals surface area contributed by atoms with E-state index in [1.54, 1.807) is 0 Å². The Balaban J connectivity index is 5.17. The molecule has 0 amide bonds. The van der Waals surface area contributed by atoms with Crippen LogP contribution in [0.25, 0.3) is 0 Å². The molecule has 0 rings (SSSR count). The van der Waals surface area contributed by atoms with Crippen LogP contribution in [0.1, 0.15) is 408 Å². The fourth-order valence-electron chi connectivity index (χ4n) is 12.0. The van der Waals surface area contributed by atoms with E-state index < -0.39 is 97.5 Å². The zero-order valence-electron chi connectivity index (χ0n) is 63.4. The van der Waals surface area contributed by atoms with Gasteiger partial charge < -0.3 is 33.8 Å². The normalized spacial score (nSPS) is 14.2. The number of hydrogen-bond acceptors (Lipinski definition) is 15. The molecule has 0 aliphatic heterocycles. The van der Waals surface area contributed by atoms with Crippen LogP contribution in [0.4, 0.5) is 0 Å². The lowest BCUT2D eigenvalue weighted by atomic mass is 10.00. The van der Waals surface area contributed by atoms with Gasteiger partial charge in [-0.25, -0.2) is 9.13 Å². The fraction of sp³-hybridized carbons (Fsp3) is 0.949. The summed E-state index contributed by atoms with van der Waals surface area (Å²) in [7, 11) is -9.91. The van der Waals surface area contributed by atoms with Gasteiger partial charge in [0.15, 0.2) is 12.2 Å². The maximum absolute atomic E-state index is 13.1. The highest BCUT2D eigenvalue weighted by molar-refractivity contribution is 7.47. The Morgan fingerprint density at radius 2 is 0.526 bits per heavy atom. The van der Waals surface area contributed by atoms with Crippen molar-refractivity contribution in [1.29, 1.82) is 0 Å². The lowest BCUT2D eigenvalue weighted by molar-refractivity contribution is -0.161. The maximum Gasteiger partial charge on any atom is 0.472 e. The van der Waals surface area contributed by atoms with Gasteiger partial charge in [0.25, 0.3) is 0 Å². The van der Waals surface area contributed by atoms with Gasteiger partial charge in [0.05, 0.1) is 26.4 Å². The van der Waals surface area contributed by atoms with Gasteiger partial charge in [0.2, 0.25) is 0 Å². The third kappa shape index (κ3) is 70.9. The van der Waals surface area contributed by atoms with Crippen molar-refractivity contribution in [2.75, 3.05) is 39.6 Å². The number of unbranched alkanes of at least 4 members (excludes halogenated alkanes) is 46. The van der Waals surface area contributed by atoms with Crippen molar-refractivity contribution < 1.29 is 80.2 Å². The second-order valence-corrected chi connectivity index (χ2v) is 31.7. The summed E-state index contributed by atoms with van der Waals surface area (Å²) in [5.41, 5.74) is 0. The first-order valence-electron chi connectivity index (χ1n) is 40.5. The van der Waals surface area contributed by atoms with Gasteiger partial charge in [-0.1, -0.05) is 356 Å². The first kappa shape index (κ1) is 95.1. The number of carbonyl (C=O) groups excluding carboxylic acids is 4. The lowest BCUT2D eigenvalue weighted by Gasteiger charge is -2.21. The molecule has 0 aromatic heterocycles. The fourth-order valence-corrected chi connectivity index (χ4v) is 13.6. The van der Waals surface area contributed by atoms with Gasteiger partial charge in [-0.05, 0) is 37.5 Å². The van der Waals surface area contributed by atoms with Crippen molar-refractivity contribution in [3.63, 3.8) is 0 Å². The minimum atomic E-state index is -4.96. The summed E-state index contributed by atoms with van der Waals surface area (Å²) >= 11 is 0. The Kier molecular flexibility index (Phi) is 68.4. The first-order valence-corrected chi connectivity index (χ1v) is 43.5. The second-order valence-electron chi connectivity index (χ2n) is 28.8. The van der Waals surface area contributed by atoms with E-state index in [2.05, 4.69) is 41.5 Å². The molecule has 0 saturated carbocycles. The minimum Gasteiger partial charge on any atom is -0.462 e. The lowest BCUT2D eigenvalue weighted by Crippen LogP contribution is -2.30. The topological polar surface area (TPSA) is 237 Å². The van der Waals surface area contributed by atoms with Crippen molar-refractivity contribution in [2.45, 2.75) is 426 Å². The van der Waals surface area contributed by atoms with Crippen molar-refractivity contribution in [3.05, 3.63) is 0 Å². The van der Waals surface area contributed by atoms with E-state index in [0.29, 0.717) is 31.6 Å². The Hall–Kier alpha value is -1.94. The quantitative estimate of drug-likeness (QED) is 0.0222. The smallest absolute Gasteiger partial charge is 0.462 e. The highest BCUT2D eigenvalue weighted by Gasteiger charge is 2.30. The molecule has 0 aliphatic carbocycles. The molecule has 19 heteroatoms. The van der Waals surface area contributed by atoms with Crippen LogP contribution >= 0.6 is 15.6 Å². The molecule has 576 valence electrons. The van der Waals surface area contributed by atoms with E-state index >= 15 is 0 Å². The van der Waals surface area contributed by atoms with Crippen LogP contribution in [0.3, 0.4) is 0 Å². The zero-order valence-corrected chi connectivity index (χ0v) is 65.2. The molecule has 0 bridgehead atoms. The van der Waals surface area contributed by atoms with Crippen LogP contribution < -0.4 is 0 Å². The number of aliphatic hydroxyl groups excluding tert-OH is 1. The number of phosphoric ester groups is 2. The molecule has 17 nitrogen and oxygen atoms in total. The third-order valence-corrected chi connectivity index (χ3v) is 20.5. The molecular weight excluding hydrogens is 1270 g/mol. The van der Waals surface area contributed by atoms with Crippen molar-refractivity contribution in [2.24, 2.45) is 11.8 Å². The number of phosphoric acid groups is 2. The molecule has 3 unspecified atom stereocenters. The maximum atomic E-state index is 13.1. The van der Waals surface area contributed by atoms with E-state index in [-0.39, 0.29) is 25.7 Å². The predicted octanol–water partition coefficient (Wildman–Crippen LogP) is 23.1. The van der Waals surface area contributed by atoms with Gasteiger partial charge in [0.1, 0.15) is 19.3 Å². The van der Waals surface area contributed by atoms with E-state index in [4.69, 9.17) is 37.0 Å². The molecule has 0 spiro atoms. The Morgan fingerprint density at radius 1 is 0.299 bits per heavy atom. The molecule has 0 aliphatic rings. The van der Waals surface area contributed by atoms with Crippen LogP contribution in [-0.2, 0) is 65.4 Å². The predicted molar refractivity (Wildman–Crippen MR) is 395 cm³/mol. The standard InChI is InChI=1S/C78H152O17P2/c1-7-10-12-14-16-18-20-22-24-26-27-28-29-30-31-33-35-37-39-41-50-56-62-77(82)94-73(66-88-75(80)60-54-48-40-38-36-34-32-25-23-21-19-17-15-13-11-8-2)68-92-96(84,85)90-64-72(79)65-91-97(86,87)93-69-74(67-89-76(81)61-55-49-44-42-46-52-58-70(4)5)95-78(83)63-57-51-45-43-47-53-59-71(6)9-3/h70-74,79H,7-69H2,1-6H3,(H,84,85)(H,86,87)/t71?,72-,73-,74-/m1/s1. The summed E-state index contributed by atoms with van der Waals surface area (Å²) in [6, 6.07) is 0. The monoisotopic (exact) mass is 1420 g/mol. The van der Waals surface area contributed by atoms with Crippen molar-refractivity contribution in [3.8, 4) is 0 Å². The van der Waals surface area contributed by atoms with Crippen LogP contribution in [-0.4, -0.2) is 96.7 Å². The summed E-state index contributed by atoms with van der Waals surface area (Å²) in [5.74, 6) is -0.721. The molecule has 6 atom stereocenters.